The first-order chi connectivity index (χ1) is 17.9. The van der Waals surface area contributed by atoms with Gasteiger partial charge >= 0.3 is 35.3 Å². The maximum atomic E-state index is 11.6. The molecule has 194 valence electrons. The zero-order valence-electron chi connectivity index (χ0n) is 21.8. The average molecular weight is 530 g/mol. The Kier molecular flexibility index (Phi) is 10.3. The Hall–Kier alpha value is -3.44. The van der Waals surface area contributed by atoms with E-state index in [1.165, 1.54) is 0 Å². The number of methoxy groups -OCH3 is 2. The summed E-state index contributed by atoms with van der Waals surface area (Å²) in [6.45, 7) is 2.83. The summed E-state index contributed by atoms with van der Waals surface area (Å²) >= 11 is 0. The largest absolute Gasteiger partial charge is 1.00 e. The molecule has 3 aromatic carbocycles. The van der Waals surface area contributed by atoms with Crippen LogP contribution in [0, 0.1) is 6.92 Å². The minimum absolute atomic E-state index is 0. The van der Waals surface area contributed by atoms with E-state index in [4.69, 9.17) is 23.8 Å². The van der Waals surface area contributed by atoms with Crippen LogP contribution in [0.2, 0.25) is 0 Å². The van der Waals surface area contributed by atoms with Gasteiger partial charge in [-0.1, -0.05) is 30.3 Å². The fourth-order valence-electron chi connectivity index (χ4n) is 4.02. The summed E-state index contributed by atoms with van der Waals surface area (Å²) in [5.41, 5.74) is 4.91. The Balaban J connectivity index is 0.00000400. The molecule has 4 aromatic rings. The van der Waals surface area contributed by atoms with Gasteiger partial charge in [-0.3, -0.25) is 9.53 Å². The predicted octanol–water partition coefficient (Wildman–Crippen LogP) is -0.213. The molecule has 0 amide bonds. The van der Waals surface area contributed by atoms with Crippen LogP contribution in [-0.4, -0.2) is 37.3 Å². The molecule has 0 unspecified atom stereocenters. The molecule has 0 fully saturated rings. The standard InChI is InChI=1S/C27H29N3O7.Na/c1-17-19(15-28-20-9-7-18(8-10-20)16-30-26(32)29-27(33)37-30)5-4-6-22(17)25-23(34-2)13-21(36-12-11-31)14-24(25)35-3;/h4-10,13-14,28,31H,11-12,15-16H2,1-3H3,(H,29,32,33);/q;+1/p-1. The van der Waals surface area contributed by atoms with E-state index in [1.54, 1.807) is 26.4 Å². The Morgan fingerprint density at radius 1 is 1.03 bits per heavy atom. The van der Waals surface area contributed by atoms with Crippen molar-refractivity contribution in [1.29, 1.82) is 0 Å². The number of hydrogen-bond acceptors (Lipinski definition) is 8. The summed E-state index contributed by atoms with van der Waals surface area (Å²) in [5.74, 6) is 0.853. The van der Waals surface area contributed by atoms with E-state index in [1.807, 2.05) is 43.3 Å². The minimum Gasteiger partial charge on any atom is -0.496 e. The van der Waals surface area contributed by atoms with Gasteiger partial charge in [-0.15, -0.1) is 0 Å². The van der Waals surface area contributed by atoms with Crippen LogP contribution in [0.1, 0.15) is 16.7 Å². The van der Waals surface area contributed by atoms with Crippen molar-refractivity contribution >= 4 is 5.69 Å². The van der Waals surface area contributed by atoms with Gasteiger partial charge in [-0.05, 0) is 41.3 Å². The first kappa shape index (κ1) is 29.1. The molecule has 11 heteroatoms. The summed E-state index contributed by atoms with van der Waals surface area (Å²) in [7, 11) is 3.19. The van der Waals surface area contributed by atoms with Crippen molar-refractivity contribution < 1.29 is 53.4 Å². The van der Waals surface area contributed by atoms with Crippen molar-refractivity contribution in [3.8, 4) is 28.4 Å². The average Bonchev–Trinajstić information content (AvgIpc) is 3.23. The van der Waals surface area contributed by atoms with Crippen LogP contribution in [0.25, 0.3) is 11.1 Å². The number of benzene rings is 3. The fraction of sp³-hybridized carbons (Fsp3) is 0.259. The molecule has 1 heterocycles. The van der Waals surface area contributed by atoms with E-state index in [-0.39, 0.29) is 49.3 Å². The van der Waals surface area contributed by atoms with E-state index >= 15 is 0 Å². The molecule has 4 rings (SSSR count). The molecular weight excluding hydrogens is 501 g/mol. The maximum absolute atomic E-state index is 11.6. The molecular formula is C27H28N3NaO7. The van der Waals surface area contributed by atoms with E-state index < -0.39 is 11.4 Å². The van der Waals surface area contributed by atoms with Crippen LogP contribution in [-0.2, 0) is 13.1 Å². The third-order valence-corrected chi connectivity index (χ3v) is 5.91. The molecule has 0 aliphatic rings. The number of nitrogens with one attached hydrogen (secondary N) is 1. The van der Waals surface area contributed by atoms with Gasteiger partial charge in [0.2, 0.25) is 0 Å². The topological polar surface area (TPSA) is 126 Å². The number of hydrogen-bond donors (Lipinski definition) is 2. The van der Waals surface area contributed by atoms with E-state index in [2.05, 4.69) is 16.4 Å². The van der Waals surface area contributed by atoms with Gasteiger partial charge in [0.1, 0.15) is 23.9 Å². The smallest absolute Gasteiger partial charge is 0.496 e. The quantitative estimate of drug-likeness (QED) is 0.254. The number of nitrogens with zero attached hydrogens (tertiary/aromatic N) is 2. The van der Waals surface area contributed by atoms with Crippen molar-refractivity contribution in [3.63, 3.8) is 0 Å². The molecule has 0 aliphatic heterocycles. The van der Waals surface area contributed by atoms with Crippen molar-refractivity contribution in [2.45, 2.75) is 20.0 Å². The van der Waals surface area contributed by atoms with Gasteiger partial charge in [-0.2, -0.15) is 0 Å². The molecule has 0 saturated heterocycles. The SMILES string of the molecule is COc1cc(OCCO)cc(OC)c1-c1cccc(CNc2ccc(Cn3oc(=O)[n-]c3=O)cc2)c1C.[Na+]. The van der Waals surface area contributed by atoms with Crippen molar-refractivity contribution in [2.75, 3.05) is 32.8 Å². The Labute approximate surface area is 241 Å². The molecule has 0 aliphatic carbocycles. The molecule has 0 radical (unpaired) electrons. The summed E-state index contributed by atoms with van der Waals surface area (Å²) in [4.78, 5) is 25.9. The third-order valence-electron chi connectivity index (χ3n) is 5.91. The predicted molar refractivity (Wildman–Crippen MR) is 138 cm³/mol. The summed E-state index contributed by atoms with van der Waals surface area (Å²) in [6, 6.07) is 17.1. The zero-order valence-corrected chi connectivity index (χ0v) is 23.8. The molecule has 0 bridgehead atoms. The van der Waals surface area contributed by atoms with Gasteiger partial charge in [0.05, 0.1) is 26.4 Å². The monoisotopic (exact) mass is 529 g/mol. The van der Waals surface area contributed by atoms with Gasteiger partial charge in [0.25, 0.3) is 0 Å². The number of rotatable bonds is 11. The van der Waals surface area contributed by atoms with E-state index in [0.29, 0.717) is 23.8 Å². The van der Waals surface area contributed by atoms with Gasteiger partial charge in [0.15, 0.2) is 5.69 Å². The molecule has 10 nitrogen and oxygen atoms in total. The summed E-state index contributed by atoms with van der Waals surface area (Å²) in [6.07, 6.45) is 0. The summed E-state index contributed by atoms with van der Waals surface area (Å²) < 4.78 is 22.6. The van der Waals surface area contributed by atoms with Crippen molar-refractivity contribution in [1.82, 2.24) is 9.72 Å². The van der Waals surface area contributed by atoms with Gasteiger partial charge < -0.3 is 34.1 Å². The third kappa shape index (κ3) is 6.70. The maximum Gasteiger partial charge on any atom is 1.00 e. The van der Waals surface area contributed by atoms with Crippen LogP contribution < -0.4 is 65.5 Å². The first-order valence-corrected chi connectivity index (χ1v) is 11.6. The molecule has 0 saturated carbocycles. The first-order valence-electron chi connectivity index (χ1n) is 11.6. The number of anilines is 1. The van der Waals surface area contributed by atoms with E-state index in [0.717, 1.165) is 38.2 Å². The molecule has 38 heavy (non-hydrogen) atoms. The number of aliphatic hydroxyl groups is 1. The van der Waals surface area contributed by atoms with Crippen LogP contribution in [0.5, 0.6) is 17.2 Å². The van der Waals surface area contributed by atoms with Crippen molar-refractivity contribution in [3.05, 3.63) is 92.3 Å². The second-order valence-electron chi connectivity index (χ2n) is 8.20. The van der Waals surface area contributed by atoms with Crippen LogP contribution >= 0.6 is 0 Å². The second kappa shape index (κ2) is 13.4. The molecule has 1 aromatic heterocycles. The normalized spacial score (nSPS) is 10.5. The van der Waals surface area contributed by atoms with Gasteiger partial charge in [0, 0.05) is 30.9 Å². The fourth-order valence-corrected chi connectivity index (χ4v) is 4.02. The molecule has 2 N–H and O–H groups in total. The van der Waals surface area contributed by atoms with Gasteiger partial charge in [-0.25, -0.2) is 4.79 Å². The van der Waals surface area contributed by atoms with Crippen LogP contribution in [0.3, 0.4) is 0 Å². The Morgan fingerprint density at radius 2 is 1.71 bits per heavy atom. The number of ether oxygens (including phenoxy) is 3. The molecule has 0 spiro atoms. The second-order valence-corrected chi connectivity index (χ2v) is 8.20. The van der Waals surface area contributed by atoms with Crippen molar-refractivity contribution in [2.24, 2.45) is 0 Å². The Bertz CT molecular complexity index is 1450. The molecule has 0 atom stereocenters. The van der Waals surface area contributed by atoms with Crippen LogP contribution in [0.15, 0.2) is 68.7 Å². The van der Waals surface area contributed by atoms with E-state index in [9.17, 15) is 9.59 Å². The summed E-state index contributed by atoms with van der Waals surface area (Å²) in [5, 5.41) is 12.5. The minimum atomic E-state index is -0.901. The number of aliphatic hydroxyl groups excluding tert-OH is 1. The van der Waals surface area contributed by atoms with Crippen LogP contribution in [0.4, 0.5) is 5.69 Å². The Morgan fingerprint density at radius 3 is 2.29 bits per heavy atom. The number of aromatic nitrogens is 2. The zero-order chi connectivity index (χ0) is 26.4.